The van der Waals surface area contributed by atoms with E-state index in [0.29, 0.717) is 81.8 Å². The fourth-order valence-corrected chi connectivity index (χ4v) is 22.5. The molecule has 9 heteroatoms. The zero-order valence-corrected chi connectivity index (χ0v) is 78.7. The molecule has 19 unspecified atom stereocenters. The quantitative estimate of drug-likeness (QED) is 0.109. The minimum absolute atomic E-state index is 0. The number of hydrogen-bond donors (Lipinski definition) is 0. The molecule has 12 aliphatic carbocycles. The first kappa shape index (κ1) is 98.1. The third-order valence-corrected chi connectivity index (χ3v) is 26.8. The number of rotatable bonds is 17. The van der Waals surface area contributed by atoms with E-state index in [-0.39, 0.29) is 55.4 Å². The Hall–Kier alpha value is -1.07. The van der Waals surface area contributed by atoms with Gasteiger partial charge in [0.1, 0.15) is 0 Å². The number of fused-ring (bicyclic) bond motifs is 9. The first-order valence-electron chi connectivity index (χ1n) is 37.8. The summed E-state index contributed by atoms with van der Waals surface area (Å²) in [5, 5.41) is 0. The second kappa shape index (κ2) is 46.9. The Kier molecular flexibility index (Phi) is 43.9. The average molecular weight is 1770 g/mol. The topological polar surface area (TPSA) is 0 Å². The second-order valence-corrected chi connectivity index (χ2v) is 44.5. The van der Waals surface area contributed by atoms with Crippen molar-refractivity contribution in [2.45, 2.75) is 157 Å². The van der Waals surface area contributed by atoms with Crippen LogP contribution in [0.15, 0.2) is 243 Å². The van der Waals surface area contributed by atoms with Gasteiger partial charge in [-0.2, -0.15) is 0 Å². The van der Waals surface area contributed by atoms with E-state index in [9.17, 15) is 0 Å². The molecule has 6 saturated carbocycles. The van der Waals surface area contributed by atoms with E-state index in [2.05, 4.69) is 288 Å². The standard InChI is InChI=1S/C35H38.C30H44.C25H34.6CH3.6ClH.3Zr/c1-2-3-14-26-23-24-29(25-26)35(27-15-6-4-7-16-27,28-17-8-5-9-18-28)34-32-21-12-10-19-30(32)31-20-11-13-22-33(31)34;1-8-9-10-21-12-13-23(18-21)30(6,7)28-26-17-20(2)11-15-24(26)25-16-14-22(19-27(25)28)29(3,4)5;1-4-5-10-18-15-16-19(17-18)25(2,3)24-22-13-8-6-11-20(22)21-12-7-9-14-23(21)24;;;;;;;;;;;;;;;/h2,4-13,15-22,26,29-34H,1,3,14,23-25H2;8,11,14-17,19,21,23-28H,1,9-10,12-13,18H2,2-7H3;4,6-9,11-14,18-24H,1,5,10,15-17H2,2-3H3;6*1H3;6*1H;;;/q;;;6*-1;;;;;;;3*+4/p-6. The average Bonchev–Trinajstić information content (AvgIpc) is 1.58. The maximum atomic E-state index is 4.93. The van der Waals surface area contributed by atoms with Crippen LogP contribution in [0.25, 0.3) is 0 Å². The molecule has 2 aromatic carbocycles. The van der Waals surface area contributed by atoms with Crippen LogP contribution in [0.4, 0.5) is 0 Å². The predicted octanol–water partition coefficient (Wildman–Crippen LogP) is 30.8. The molecule has 0 aromatic heterocycles. The SMILES string of the molecule is C=CCCC1CCC(C(C)(C)C2C3C=C(C)C=CC3C3C=CC(C(C)(C)C)=CC32)C1.C=CCCC1CCC(C(C)(C)C2C3C=CC=CC3C3C=CC=CC32)C1.C=CCCC1CCC(C(c2ccccc2)(c2ccccc2)C2C3C=CC=CC3C3C=CC=CC32)C1.[CH3-].[CH3-].[CH3-].[CH3-].[CH3-].[CH3-].[Cl][Zr+2][Cl].[Cl][Zr+2][Cl].[Cl][Zr+2][Cl]. The Balaban J connectivity index is 0.000000380. The van der Waals surface area contributed by atoms with Crippen LogP contribution in [-0.4, -0.2) is 0 Å². The number of halogens is 6. The van der Waals surface area contributed by atoms with E-state index in [1.54, 1.807) is 5.57 Å². The van der Waals surface area contributed by atoms with Crippen molar-refractivity contribution in [3.05, 3.63) is 299 Å². The Labute approximate surface area is 702 Å². The van der Waals surface area contributed by atoms with Crippen LogP contribution >= 0.6 is 51.1 Å². The van der Waals surface area contributed by atoms with E-state index < -0.39 is 62.5 Å². The van der Waals surface area contributed by atoms with Gasteiger partial charge in [0.15, 0.2) is 0 Å². The molecule has 105 heavy (non-hydrogen) atoms. The summed E-state index contributed by atoms with van der Waals surface area (Å²) < 4.78 is 0. The molecular weight excluding hydrogens is 1640 g/mol. The van der Waals surface area contributed by atoms with Crippen molar-refractivity contribution >= 4 is 51.1 Å². The van der Waals surface area contributed by atoms with Crippen LogP contribution in [0.2, 0.25) is 0 Å². The van der Waals surface area contributed by atoms with Crippen LogP contribution in [0.5, 0.6) is 0 Å². The van der Waals surface area contributed by atoms with Gasteiger partial charge in [0, 0.05) is 5.41 Å². The van der Waals surface area contributed by atoms with Gasteiger partial charge in [-0.05, 0) is 241 Å². The minimum atomic E-state index is -0.826. The Morgan fingerprint density at radius 2 is 0.648 bits per heavy atom. The summed E-state index contributed by atoms with van der Waals surface area (Å²) in [6.07, 6.45) is 80.2. The second-order valence-electron chi connectivity index (χ2n) is 33.3. The summed E-state index contributed by atoms with van der Waals surface area (Å²) in [6, 6.07) is 23.2. The fourth-order valence-electron chi connectivity index (χ4n) is 22.5. The molecule has 0 saturated heterocycles. The van der Waals surface area contributed by atoms with Gasteiger partial charge in [0.25, 0.3) is 0 Å². The van der Waals surface area contributed by atoms with Gasteiger partial charge >= 0.3 is 114 Å². The van der Waals surface area contributed by atoms with Crippen LogP contribution in [0.1, 0.15) is 163 Å². The monoisotopic (exact) mass is 1770 g/mol. The van der Waals surface area contributed by atoms with Gasteiger partial charge in [-0.1, -0.05) is 286 Å². The summed E-state index contributed by atoms with van der Waals surface area (Å²) in [6.45, 7) is 31.7. The number of allylic oxidation sites excluding steroid dienone is 27. The molecule has 0 heterocycles. The van der Waals surface area contributed by atoms with E-state index in [4.69, 9.17) is 51.1 Å². The molecule has 12 aliphatic rings. The summed E-state index contributed by atoms with van der Waals surface area (Å²) in [4.78, 5) is 0. The normalized spacial score (nSPS) is 32.1. The van der Waals surface area contributed by atoms with Gasteiger partial charge in [0.05, 0.1) is 0 Å². The van der Waals surface area contributed by atoms with E-state index in [0.717, 1.165) is 59.7 Å². The molecule has 0 N–H and O–H groups in total. The predicted molar refractivity (Wildman–Crippen MR) is 461 cm³/mol. The molecule has 14 rings (SSSR count). The molecule has 0 spiro atoms. The van der Waals surface area contributed by atoms with Crippen molar-refractivity contribution < 1.29 is 62.5 Å². The molecule has 0 radical (unpaired) electrons. The van der Waals surface area contributed by atoms with Gasteiger partial charge in [-0.25, -0.2) is 0 Å². The van der Waals surface area contributed by atoms with Crippen molar-refractivity contribution in [1.29, 1.82) is 0 Å². The van der Waals surface area contributed by atoms with Crippen molar-refractivity contribution in [3.8, 4) is 0 Å². The van der Waals surface area contributed by atoms with Crippen LogP contribution in [-0.2, 0) is 68.0 Å². The molecule has 6 fully saturated rings. The van der Waals surface area contributed by atoms with E-state index in [1.807, 2.05) is 0 Å². The Morgan fingerprint density at radius 3 is 0.990 bits per heavy atom. The summed E-state index contributed by atoms with van der Waals surface area (Å²) in [5.74, 6) is 14.9. The molecule has 0 bridgehead atoms. The van der Waals surface area contributed by atoms with Gasteiger partial charge in [-0.15, -0.1) is 19.7 Å². The zero-order valence-electron chi connectivity index (χ0n) is 66.8. The van der Waals surface area contributed by atoms with Crippen molar-refractivity contribution in [3.63, 3.8) is 0 Å². The Bertz CT molecular complexity index is 3180. The van der Waals surface area contributed by atoms with Crippen molar-refractivity contribution in [2.75, 3.05) is 0 Å². The van der Waals surface area contributed by atoms with Crippen LogP contribution in [0, 0.1) is 185 Å². The van der Waals surface area contributed by atoms with Crippen molar-refractivity contribution in [2.24, 2.45) is 141 Å². The third kappa shape index (κ3) is 22.9. The molecule has 0 nitrogen and oxygen atoms in total. The van der Waals surface area contributed by atoms with Crippen molar-refractivity contribution in [1.82, 2.24) is 0 Å². The van der Waals surface area contributed by atoms with E-state index in [1.165, 1.54) is 107 Å². The van der Waals surface area contributed by atoms with Crippen LogP contribution in [0.3, 0.4) is 0 Å². The summed E-state index contributed by atoms with van der Waals surface area (Å²) >= 11 is -2.48. The van der Waals surface area contributed by atoms with E-state index >= 15 is 0 Å². The molecule has 19 atom stereocenters. The zero-order chi connectivity index (χ0) is 70.9. The number of benzene rings is 2. The van der Waals surface area contributed by atoms with Gasteiger partial charge in [0.2, 0.25) is 0 Å². The molecule has 2 aromatic rings. The fraction of sp³-hybridized carbons (Fsp3) is 0.500. The van der Waals surface area contributed by atoms with Gasteiger partial charge in [-0.3, -0.25) is 0 Å². The summed E-state index contributed by atoms with van der Waals surface area (Å²) in [5.41, 5.74) is 7.08. The molecular formula is C96H134Cl6Zr3. The molecule has 572 valence electrons. The summed E-state index contributed by atoms with van der Waals surface area (Å²) in [7, 11) is 29.6. The third-order valence-electron chi connectivity index (χ3n) is 26.8. The molecule has 0 amide bonds. The van der Waals surface area contributed by atoms with Crippen LogP contribution < -0.4 is 0 Å². The first-order valence-corrected chi connectivity index (χ1v) is 56.8. The number of hydrogen-bond acceptors (Lipinski definition) is 0. The molecule has 0 aliphatic heterocycles. The Morgan fingerprint density at radius 1 is 0.362 bits per heavy atom. The van der Waals surface area contributed by atoms with Gasteiger partial charge < -0.3 is 44.6 Å². The first-order chi connectivity index (χ1) is 47.8. The maximum absolute atomic E-state index is 4.93.